The minimum Gasteiger partial charge on any atom is -0.345 e. The summed E-state index contributed by atoms with van der Waals surface area (Å²) in [5.74, 6) is -0.409. The van der Waals surface area contributed by atoms with E-state index in [1.54, 1.807) is 0 Å². The molecule has 0 radical (unpaired) electrons. The largest absolute Gasteiger partial charge is 0.345 e. The maximum atomic E-state index is 10.8. The number of nitrogens with one attached hydrogen (secondary N) is 1. The molecule has 0 aliphatic carbocycles. The van der Waals surface area contributed by atoms with Crippen molar-refractivity contribution in [2.45, 2.75) is 6.04 Å². The molecule has 5 heteroatoms. The van der Waals surface area contributed by atoms with Crippen LogP contribution in [0.4, 0.5) is 0 Å². The quantitative estimate of drug-likeness (QED) is 0.598. The number of rotatable bonds is 2. The monoisotopic (exact) mass is 187 g/mol. The van der Waals surface area contributed by atoms with Crippen LogP contribution in [-0.4, -0.2) is 26.1 Å². The Morgan fingerprint density at radius 2 is 2.33 bits per heavy atom. The molecule has 1 rings (SSSR count). The van der Waals surface area contributed by atoms with Gasteiger partial charge in [-0.2, -0.15) is 0 Å². The summed E-state index contributed by atoms with van der Waals surface area (Å²) in [7, 11) is -3.08. The van der Waals surface area contributed by atoms with E-state index in [4.69, 9.17) is 0 Å². The minimum absolute atomic E-state index is 0.0490. The molecule has 0 aromatic rings. The van der Waals surface area contributed by atoms with Crippen molar-refractivity contribution in [3.05, 3.63) is 24.1 Å². The Labute approximate surface area is 70.9 Å². The van der Waals surface area contributed by atoms with E-state index in [1.807, 2.05) is 0 Å². The average Bonchev–Trinajstić information content (AvgIpc) is 2.30. The molecule has 1 amide bonds. The molecule has 0 bridgehead atoms. The van der Waals surface area contributed by atoms with Crippen molar-refractivity contribution in [1.29, 1.82) is 0 Å². The zero-order valence-electron chi connectivity index (χ0n) is 6.36. The van der Waals surface area contributed by atoms with Crippen LogP contribution in [0.5, 0.6) is 0 Å². The second-order valence-electron chi connectivity index (χ2n) is 2.48. The topological polar surface area (TPSA) is 63.2 Å². The number of carbonyl (C=O) groups is 1. The first-order valence-electron chi connectivity index (χ1n) is 3.37. The van der Waals surface area contributed by atoms with Crippen LogP contribution in [0.2, 0.25) is 0 Å². The van der Waals surface area contributed by atoms with Gasteiger partial charge in [0.05, 0.1) is 11.8 Å². The van der Waals surface area contributed by atoms with Gasteiger partial charge in [0.2, 0.25) is 5.91 Å². The zero-order valence-corrected chi connectivity index (χ0v) is 7.17. The van der Waals surface area contributed by atoms with Crippen LogP contribution in [0, 0.1) is 0 Å². The Morgan fingerprint density at radius 3 is 2.75 bits per heavy atom. The van der Waals surface area contributed by atoms with Crippen LogP contribution in [0.3, 0.4) is 0 Å². The summed E-state index contributed by atoms with van der Waals surface area (Å²) in [5.41, 5.74) is 0. The van der Waals surface area contributed by atoms with Crippen LogP contribution < -0.4 is 5.32 Å². The molecule has 0 aromatic heterocycles. The molecule has 0 spiro atoms. The van der Waals surface area contributed by atoms with E-state index in [-0.39, 0.29) is 11.7 Å². The molecule has 12 heavy (non-hydrogen) atoms. The Kier molecular flexibility index (Phi) is 2.32. The van der Waals surface area contributed by atoms with Gasteiger partial charge in [0, 0.05) is 5.41 Å². The fourth-order valence-corrected chi connectivity index (χ4v) is 2.14. The highest BCUT2D eigenvalue weighted by Crippen LogP contribution is 2.07. The molecule has 0 fully saturated rings. The predicted octanol–water partition coefficient (Wildman–Crippen LogP) is -0.401. The lowest BCUT2D eigenvalue weighted by Gasteiger charge is -2.06. The first-order chi connectivity index (χ1) is 5.53. The number of sulfone groups is 1. The third-order valence-corrected chi connectivity index (χ3v) is 2.84. The lowest BCUT2D eigenvalue weighted by atomic mass is 10.3. The molecule has 66 valence electrons. The van der Waals surface area contributed by atoms with Gasteiger partial charge in [-0.05, 0) is 12.2 Å². The number of carbonyl (C=O) groups excluding carboxylic acids is 1. The van der Waals surface area contributed by atoms with Crippen LogP contribution in [0.15, 0.2) is 24.1 Å². The molecule has 1 unspecified atom stereocenters. The molecule has 0 saturated carbocycles. The van der Waals surface area contributed by atoms with E-state index in [2.05, 4.69) is 11.9 Å². The molecule has 4 nitrogen and oxygen atoms in total. The SMILES string of the molecule is C=CC(=O)NC1C=CS(=O)(=O)C1. The summed E-state index contributed by atoms with van der Waals surface area (Å²) in [6.07, 6.45) is 2.56. The number of hydrogen-bond acceptors (Lipinski definition) is 3. The van der Waals surface area contributed by atoms with Crippen molar-refractivity contribution < 1.29 is 13.2 Å². The first-order valence-corrected chi connectivity index (χ1v) is 5.09. The Hall–Kier alpha value is -1.10. The Morgan fingerprint density at radius 1 is 1.67 bits per heavy atom. The van der Waals surface area contributed by atoms with Crippen LogP contribution in [-0.2, 0) is 14.6 Å². The van der Waals surface area contributed by atoms with E-state index in [9.17, 15) is 13.2 Å². The summed E-state index contributed by atoms with van der Waals surface area (Å²) in [6, 6.07) is -0.402. The molecule has 1 N–H and O–H groups in total. The predicted molar refractivity (Wildman–Crippen MR) is 45.1 cm³/mol. The van der Waals surface area contributed by atoms with Crippen molar-refractivity contribution >= 4 is 15.7 Å². The van der Waals surface area contributed by atoms with E-state index in [0.29, 0.717) is 0 Å². The lowest BCUT2D eigenvalue weighted by molar-refractivity contribution is -0.116. The Balaban J connectivity index is 2.56. The third kappa shape index (κ3) is 2.20. The van der Waals surface area contributed by atoms with Gasteiger partial charge in [0.15, 0.2) is 9.84 Å². The fraction of sp³-hybridized carbons (Fsp3) is 0.286. The molecule has 1 atom stereocenters. The summed E-state index contributed by atoms with van der Waals surface area (Å²) in [6.45, 7) is 3.25. The standard InChI is InChI=1S/C7H9NO3S/c1-2-7(9)8-6-3-4-12(10,11)5-6/h2-4,6H,1,5H2,(H,8,9). The van der Waals surface area contributed by atoms with Crippen LogP contribution in [0.25, 0.3) is 0 Å². The highest BCUT2D eigenvalue weighted by Gasteiger charge is 2.21. The maximum Gasteiger partial charge on any atom is 0.243 e. The second kappa shape index (κ2) is 3.10. The van der Waals surface area contributed by atoms with Crippen molar-refractivity contribution in [2.24, 2.45) is 0 Å². The van der Waals surface area contributed by atoms with Gasteiger partial charge in [0.25, 0.3) is 0 Å². The van der Waals surface area contributed by atoms with Gasteiger partial charge in [0.1, 0.15) is 0 Å². The lowest BCUT2D eigenvalue weighted by Crippen LogP contribution is -2.34. The van der Waals surface area contributed by atoms with Crippen LogP contribution >= 0.6 is 0 Å². The first kappa shape index (κ1) is 8.99. The van der Waals surface area contributed by atoms with Crippen LogP contribution in [0.1, 0.15) is 0 Å². The van der Waals surface area contributed by atoms with Gasteiger partial charge in [-0.1, -0.05) is 6.58 Å². The fourth-order valence-electron chi connectivity index (χ4n) is 0.907. The molecule has 1 aliphatic rings. The minimum atomic E-state index is -3.08. The highest BCUT2D eigenvalue weighted by molar-refractivity contribution is 7.94. The summed E-state index contributed by atoms with van der Waals surface area (Å²) in [4.78, 5) is 10.7. The van der Waals surface area contributed by atoms with Gasteiger partial charge in [-0.3, -0.25) is 4.79 Å². The normalized spacial score (nSPS) is 25.2. The Bertz CT molecular complexity index is 329. The highest BCUT2D eigenvalue weighted by atomic mass is 32.2. The number of hydrogen-bond donors (Lipinski definition) is 1. The average molecular weight is 187 g/mol. The molecule has 1 heterocycles. The molecule has 1 aliphatic heterocycles. The van der Waals surface area contributed by atoms with Gasteiger partial charge in [-0.25, -0.2) is 8.42 Å². The summed E-state index contributed by atoms with van der Waals surface area (Å²) in [5, 5.41) is 3.57. The van der Waals surface area contributed by atoms with Crippen molar-refractivity contribution in [1.82, 2.24) is 5.32 Å². The van der Waals surface area contributed by atoms with Crippen molar-refractivity contribution in [3.8, 4) is 0 Å². The van der Waals surface area contributed by atoms with Crippen molar-refractivity contribution in [3.63, 3.8) is 0 Å². The van der Waals surface area contributed by atoms with Gasteiger partial charge >= 0.3 is 0 Å². The van der Waals surface area contributed by atoms with Gasteiger partial charge in [-0.15, -0.1) is 0 Å². The molecular formula is C7H9NO3S. The number of amides is 1. The van der Waals surface area contributed by atoms with Gasteiger partial charge < -0.3 is 5.32 Å². The van der Waals surface area contributed by atoms with E-state index in [1.165, 1.54) is 6.08 Å². The smallest absolute Gasteiger partial charge is 0.243 e. The van der Waals surface area contributed by atoms with E-state index in [0.717, 1.165) is 11.5 Å². The van der Waals surface area contributed by atoms with E-state index < -0.39 is 15.9 Å². The summed E-state index contributed by atoms with van der Waals surface area (Å²) >= 11 is 0. The summed E-state index contributed by atoms with van der Waals surface area (Å²) < 4.78 is 21.7. The molecular weight excluding hydrogens is 178 g/mol. The zero-order chi connectivity index (χ0) is 9.19. The second-order valence-corrected chi connectivity index (χ2v) is 4.41. The van der Waals surface area contributed by atoms with Crippen molar-refractivity contribution in [2.75, 3.05) is 5.75 Å². The molecule has 0 saturated heterocycles. The maximum absolute atomic E-state index is 10.8. The van der Waals surface area contributed by atoms with E-state index >= 15 is 0 Å². The third-order valence-electron chi connectivity index (χ3n) is 1.44. The molecule has 0 aromatic carbocycles.